The van der Waals surface area contributed by atoms with Crippen LogP contribution in [0.1, 0.15) is 38.8 Å². The van der Waals surface area contributed by atoms with E-state index >= 15 is 0 Å². The van der Waals surface area contributed by atoms with Gasteiger partial charge in [-0.05, 0) is 26.8 Å². The number of nitrogens with zero attached hydrogens (tertiary/aromatic N) is 3. The molecule has 0 aromatic heterocycles. The summed E-state index contributed by atoms with van der Waals surface area (Å²) in [5, 5.41) is 34.8. The third-order valence-corrected chi connectivity index (χ3v) is 4.01. The molecule has 7 heteroatoms. The molecule has 0 bridgehead atoms. The lowest BCUT2D eigenvalue weighted by Crippen LogP contribution is -2.51. The number of hydrogen-bond acceptors (Lipinski definition) is 5. The largest absolute Gasteiger partial charge is 0.622 e. The van der Waals surface area contributed by atoms with Crippen LogP contribution in [0, 0.1) is 22.2 Å². The Morgan fingerprint density at radius 2 is 1.86 bits per heavy atom. The van der Waals surface area contributed by atoms with Gasteiger partial charge < -0.3 is 10.4 Å². The van der Waals surface area contributed by atoms with Crippen molar-refractivity contribution in [2.24, 2.45) is 0 Å². The van der Waals surface area contributed by atoms with Gasteiger partial charge in [-0.3, -0.25) is 10.1 Å². The molecule has 0 unspecified atom stereocenters. The van der Waals surface area contributed by atoms with E-state index in [4.69, 9.17) is 0 Å². The van der Waals surface area contributed by atoms with Crippen LogP contribution in [0.4, 0.5) is 5.69 Å². The molecule has 114 valence electrons. The Kier molecular flexibility index (Phi) is 3.30. The van der Waals surface area contributed by atoms with Crippen molar-refractivity contribution >= 4 is 11.4 Å². The van der Waals surface area contributed by atoms with Crippen LogP contribution in [0.25, 0.3) is 0 Å². The number of nitro groups is 1. The molecule has 1 aromatic carbocycles. The Morgan fingerprint density at radius 3 is 2.29 bits per heavy atom. The van der Waals surface area contributed by atoms with E-state index in [0.717, 1.165) is 5.06 Å². The van der Waals surface area contributed by atoms with Crippen LogP contribution in [0.2, 0.25) is 0 Å². The average Bonchev–Trinajstić information content (AvgIpc) is 2.49. The molecule has 1 heterocycles. The molecular formula is C14H19N3O4. The Balaban J connectivity index is 2.69. The van der Waals surface area contributed by atoms with Crippen molar-refractivity contribution in [1.82, 2.24) is 5.06 Å². The maximum absolute atomic E-state index is 12.5. The molecule has 0 atom stereocenters. The predicted molar refractivity (Wildman–Crippen MR) is 77.4 cm³/mol. The molecule has 7 nitrogen and oxygen atoms in total. The first kappa shape index (κ1) is 15.4. The summed E-state index contributed by atoms with van der Waals surface area (Å²) in [5.41, 5.74) is -0.862. The summed E-state index contributed by atoms with van der Waals surface area (Å²) in [6, 6.07) is 4.66. The minimum Gasteiger partial charge on any atom is -0.622 e. The van der Waals surface area contributed by atoms with Crippen LogP contribution < -0.4 is 0 Å². The van der Waals surface area contributed by atoms with Gasteiger partial charge in [-0.15, -0.1) is 5.06 Å². The van der Waals surface area contributed by atoms with Gasteiger partial charge in [0.05, 0.1) is 10.5 Å². The predicted octanol–water partition coefficient (Wildman–Crippen LogP) is 2.42. The SMILES string of the molecule is Cc1ccc(C2=[N+]([O-])C(C)(C)N(O)C2(C)C)cc1[N+](=O)[O-]. The topological polar surface area (TPSA) is 92.7 Å². The van der Waals surface area contributed by atoms with Crippen molar-refractivity contribution in [1.29, 1.82) is 0 Å². The molecule has 2 rings (SSSR count). The second kappa shape index (κ2) is 4.51. The minimum absolute atomic E-state index is 0.0432. The van der Waals surface area contributed by atoms with Gasteiger partial charge in [0, 0.05) is 25.5 Å². The Labute approximate surface area is 122 Å². The normalized spacial score (nSPS) is 20.9. The van der Waals surface area contributed by atoms with Crippen molar-refractivity contribution in [2.75, 3.05) is 0 Å². The van der Waals surface area contributed by atoms with Crippen LogP contribution in [-0.4, -0.2) is 36.8 Å². The molecule has 1 aliphatic heterocycles. The lowest BCUT2D eigenvalue weighted by Gasteiger charge is -2.29. The van der Waals surface area contributed by atoms with Crippen molar-refractivity contribution in [3.05, 3.63) is 44.6 Å². The van der Waals surface area contributed by atoms with E-state index in [-0.39, 0.29) is 5.69 Å². The van der Waals surface area contributed by atoms with Crippen LogP contribution in [0.5, 0.6) is 0 Å². The molecule has 0 saturated heterocycles. The minimum atomic E-state index is -1.14. The van der Waals surface area contributed by atoms with Crippen molar-refractivity contribution in [3.8, 4) is 0 Å². The highest BCUT2D eigenvalue weighted by molar-refractivity contribution is 6.04. The van der Waals surface area contributed by atoms with E-state index in [1.807, 2.05) is 0 Å². The second-order valence-electron chi connectivity index (χ2n) is 6.27. The number of hydroxylamine groups is 3. The number of hydrogen-bond donors (Lipinski definition) is 1. The lowest BCUT2D eigenvalue weighted by atomic mass is 9.92. The van der Waals surface area contributed by atoms with E-state index < -0.39 is 16.1 Å². The second-order valence-corrected chi connectivity index (χ2v) is 6.27. The van der Waals surface area contributed by atoms with E-state index in [1.165, 1.54) is 6.07 Å². The summed E-state index contributed by atoms with van der Waals surface area (Å²) in [5.74, 6) is 0. The van der Waals surface area contributed by atoms with Crippen LogP contribution in [0.3, 0.4) is 0 Å². The Bertz CT molecular complexity index is 650. The fraction of sp³-hybridized carbons (Fsp3) is 0.500. The quantitative estimate of drug-likeness (QED) is 0.391. The maximum atomic E-state index is 12.5. The van der Waals surface area contributed by atoms with Gasteiger partial charge >= 0.3 is 0 Å². The van der Waals surface area contributed by atoms with Crippen molar-refractivity contribution in [2.45, 2.75) is 45.8 Å². The lowest BCUT2D eigenvalue weighted by molar-refractivity contribution is -0.580. The number of benzene rings is 1. The summed E-state index contributed by atoms with van der Waals surface area (Å²) in [6.45, 7) is 8.24. The van der Waals surface area contributed by atoms with E-state index in [0.29, 0.717) is 21.6 Å². The monoisotopic (exact) mass is 293 g/mol. The van der Waals surface area contributed by atoms with Gasteiger partial charge in [-0.1, -0.05) is 6.07 Å². The molecule has 0 amide bonds. The number of aryl methyl sites for hydroxylation is 1. The third-order valence-electron chi connectivity index (χ3n) is 4.01. The van der Waals surface area contributed by atoms with Crippen molar-refractivity contribution in [3.63, 3.8) is 0 Å². The Hall–Kier alpha value is -1.99. The van der Waals surface area contributed by atoms with Gasteiger partial charge in [-0.25, -0.2) is 0 Å². The van der Waals surface area contributed by atoms with E-state index in [2.05, 4.69) is 0 Å². The first-order valence-corrected chi connectivity index (χ1v) is 6.60. The number of rotatable bonds is 2. The first-order valence-electron chi connectivity index (χ1n) is 6.60. The molecule has 0 spiro atoms. The van der Waals surface area contributed by atoms with Gasteiger partial charge in [0.15, 0.2) is 0 Å². The molecule has 1 N–H and O–H groups in total. The summed E-state index contributed by atoms with van der Waals surface area (Å²) in [6.07, 6.45) is 0. The summed E-state index contributed by atoms with van der Waals surface area (Å²) >= 11 is 0. The van der Waals surface area contributed by atoms with Crippen LogP contribution in [-0.2, 0) is 0 Å². The number of nitro benzene ring substituents is 1. The molecule has 0 radical (unpaired) electrons. The summed E-state index contributed by atoms with van der Waals surface area (Å²) < 4.78 is 0.710. The molecule has 0 saturated carbocycles. The molecule has 1 aromatic rings. The van der Waals surface area contributed by atoms with Crippen molar-refractivity contribution < 1.29 is 14.9 Å². The van der Waals surface area contributed by atoms with E-state index in [9.17, 15) is 20.5 Å². The molecule has 1 aliphatic rings. The fourth-order valence-corrected chi connectivity index (χ4v) is 2.82. The highest BCUT2D eigenvalue weighted by Gasteiger charge is 2.57. The fourth-order valence-electron chi connectivity index (χ4n) is 2.82. The zero-order chi connectivity index (χ0) is 16.2. The smallest absolute Gasteiger partial charge is 0.273 e. The Morgan fingerprint density at radius 1 is 1.29 bits per heavy atom. The third kappa shape index (κ3) is 2.09. The summed E-state index contributed by atoms with van der Waals surface area (Å²) in [7, 11) is 0. The van der Waals surface area contributed by atoms with Gasteiger partial charge in [0.1, 0.15) is 5.54 Å². The highest BCUT2D eigenvalue weighted by atomic mass is 16.6. The van der Waals surface area contributed by atoms with E-state index in [1.54, 1.807) is 46.8 Å². The maximum Gasteiger partial charge on any atom is 0.273 e. The standard InChI is InChI=1S/C14H19N3O4/c1-9-6-7-10(8-11(9)16(19)20)12-13(2,3)17(21)14(4,5)15(12)18/h6-8,21H,1-5H3. The first-order chi connectivity index (χ1) is 9.51. The zero-order valence-electron chi connectivity index (χ0n) is 12.7. The molecule has 0 fully saturated rings. The van der Waals surface area contributed by atoms with Gasteiger partial charge in [0.2, 0.25) is 11.4 Å². The molecular weight excluding hydrogens is 274 g/mol. The summed E-state index contributed by atoms with van der Waals surface area (Å²) in [4.78, 5) is 10.6. The zero-order valence-corrected chi connectivity index (χ0v) is 12.7. The average molecular weight is 293 g/mol. The molecule has 21 heavy (non-hydrogen) atoms. The van der Waals surface area contributed by atoms with Gasteiger partial charge in [0.25, 0.3) is 5.69 Å². The molecule has 0 aliphatic carbocycles. The van der Waals surface area contributed by atoms with Crippen LogP contribution >= 0.6 is 0 Å². The van der Waals surface area contributed by atoms with Gasteiger partial charge in [-0.2, -0.15) is 4.74 Å². The van der Waals surface area contributed by atoms with Crippen LogP contribution in [0.15, 0.2) is 18.2 Å². The highest BCUT2D eigenvalue weighted by Crippen LogP contribution is 2.35.